The van der Waals surface area contributed by atoms with Crippen LogP contribution in [0.4, 0.5) is 0 Å². The van der Waals surface area contributed by atoms with E-state index in [1.807, 2.05) is 72.2 Å². The minimum Gasteiger partial charge on any atom is -0.470 e. The summed E-state index contributed by atoms with van der Waals surface area (Å²) in [4.78, 5) is 23.9. The van der Waals surface area contributed by atoms with Crippen molar-refractivity contribution in [2.45, 2.75) is 32.9 Å². The third-order valence-electron chi connectivity index (χ3n) is 5.42. The van der Waals surface area contributed by atoms with Gasteiger partial charge in [-0.25, -0.2) is 0 Å². The molecule has 0 amide bonds. The number of carbonyl (C=O) groups excluding carboxylic acids is 2. The van der Waals surface area contributed by atoms with Crippen LogP contribution in [-0.4, -0.2) is 33.8 Å². The molecule has 2 heterocycles. The highest BCUT2D eigenvalue weighted by atomic mass is 16.5. The highest BCUT2D eigenvalue weighted by Crippen LogP contribution is 2.37. The maximum atomic E-state index is 12.5. The van der Waals surface area contributed by atoms with Gasteiger partial charge in [0.2, 0.25) is 0 Å². The third-order valence-corrected chi connectivity index (χ3v) is 5.42. The monoisotopic (exact) mass is 459 g/mol. The number of methoxy groups -OCH3 is 1. The molecule has 0 aliphatic heterocycles. The Morgan fingerprint density at radius 1 is 0.912 bits per heavy atom. The number of rotatable bonds is 9. The molecule has 8 nitrogen and oxygen atoms in total. The summed E-state index contributed by atoms with van der Waals surface area (Å²) in [5.74, 6) is -0.282. The number of nitrogens with zero attached hydrogens (tertiary/aromatic N) is 3. The van der Waals surface area contributed by atoms with E-state index < -0.39 is 11.9 Å². The van der Waals surface area contributed by atoms with Gasteiger partial charge in [-0.05, 0) is 18.1 Å². The summed E-state index contributed by atoms with van der Waals surface area (Å²) < 4.78 is 18.4. The number of carbonyl (C=O) groups is 2. The van der Waals surface area contributed by atoms with Crippen molar-refractivity contribution < 1.29 is 23.8 Å². The normalized spacial score (nSPS) is 10.8. The Labute approximate surface area is 197 Å². The van der Waals surface area contributed by atoms with Crippen LogP contribution in [0.15, 0.2) is 66.9 Å². The van der Waals surface area contributed by atoms with Crippen LogP contribution >= 0.6 is 0 Å². The largest absolute Gasteiger partial charge is 0.470 e. The Bertz CT molecular complexity index is 1290. The van der Waals surface area contributed by atoms with Crippen LogP contribution in [-0.2, 0) is 27.5 Å². The molecule has 0 N–H and O–H groups in total. The predicted octanol–water partition coefficient (Wildman–Crippen LogP) is 4.23. The molecule has 0 spiro atoms. The fraction of sp³-hybridized carbons (Fsp3) is 0.231. The minimum absolute atomic E-state index is 0.0533. The first-order chi connectivity index (χ1) is 16.6. The number of fused-ring (bicyclic) bond motifs is 1. The number of benzene rings is 2. The number of aromatic nitrogens is 3. The van der Waals surface area contributed by atoms with Crippen molar-refractivity contribution in [3.8, 4) is 11.6 Å². The average Bonchev–Trinajstić information content (AvgIpc) is 3.13. The van der Waals surface area contributed by atoms with Crippen molar-refractivity contribution in [1.29, 1.82) is 0 Å². The molecule has 0 radical (unpaired) electrons. The molecule has 4 rings (SSSR count). The molecule has 4 aromatic rings. The fourth-order valence-electron chi connectivity index (χ4n) is 3.66. The van der Waals surface area contributed by atoms with Gasteiger partial charge in [-0.3, -0.25) is 9.59 Å². The number of ether oxygens (including phenoxy) is 3. The zero-order chi connectivity index (χ0) is 23.9. The lowest BCUT2D eigenvalue weighted by molar-refractivity contribution is -0.144. The predicted molar refractivity (Wildman–Crippen MR) is 125 cm³/mol. The van der Waals surface area contributed by atoms with Gasteiger partial charge in [0.1, 0.15) is 12.1 Å². The maximum Gasteiger partial charge on any atom is 0.311 e. The van der Waals surface area contributed by atoms with Gasteiger partial charge in [-0.1, -0.05) is 60.7 Å². The van der Waals surface area contributed by atoms with Crippen LogP contribution < -0.4 is 9.47 Å². The van der Waals surface area contributed by atoms with Crippen molar-refractivity contribution in [2.24, 2.45) is 0 Å². The number of hydrogen-bond acceptors (Lipinski definition) is 7. The van der Waals surface area contributed by atoms with Gasteiger partial charge >= 0.3 is 11.9 Å². The summed E-state index contributed by atoms with van der Waals surface area (Å²) in [6.07, 6.45) is 1.41. The van der Waals surface area contributed by atoms with Gasteiger partial charge in [0.05, 0.1) is 37.2 Å². The molecular weight excluding hydrogens is 434 g/mol. The zero-order valence-electron chi connectivity index (χ0n) is 19.1. The molecule has 0 aliphatic rings. The first-order valence-electron chi connectivity index (χ1n) is 10.9. The van der Waals surface area contributed by atoms with Crippen LogP contribution in [0.2, 0.25) is 0 Å². The molecule has 0 saturated heterocycles. The Balaban J connectivity index is 1.71. The highest BCUT2D eigenvalue weighted by Gasteiger charge is 2.23. The molecule has 174 valence electrons. The van der Waals surface area contributed by atoms with Crippen LogP contribution in [0.3, 0.4) is 0 Å². The quantitative estimate of drug-likeness (QED) is 0.346. The second-order valence-electron chi connectivity index (χ2n) is 7.72. The molecule has 0 aliphatic carbocycles. The van der Waals surface area contributed by atoms with Crippen LogP contribution in [0.1, 0.15) is 29.7 Å². The molecule has 0 saturated carbocycles. The first-order valence-corrected chi connectivity index (χ1v) is 10.9. The van der Waals surface area contributed by atoms with Crippen LogP contribution in [0.5, 0.6) is 11.6 Å². The summed E-state index contributed by atoms with van der Waals surface area (Å²) in [5.41, 5.74) is 3.47. The van der Waals surface area contributed by atoms with Crippen molar-refractivity contribution in [3.63, 3.8) is 0 Å². The SMILES string of the molecule is COC(=O)CCC(=O)Oc1c(C)n(Cc2ccccc2)c2c(OCc3ccccc3)nncc12. The Kier molecular flexibility index (Phi) is 7.17. The minimum atomic E-state index is -0.532. The molecule has 8 heteroatoms. The summed E-state index contributed by atoms with van der Waals surface area (Å²) in [6.45, 7) is 2.71. The Hall–Kier alpha value is -4.20. The second-order valence-corrected chi connectivity index (χ2v) is 7.72. The van der Waals surface area contributed by atoms with Crippen molar-refractivity contribution in [1.82, 2.24) is 14.8 Å². The van der Waals surface area contributed by atoms with E-state index in [-0.39, 0.29) is 12.8 Å². The fourth-order valence-corrected chi connectivity index (χ4v) is 3.66. The zero-order valence-corrected chi connectivity index (χ0v) is 19.1. The van der Waals surface area contributed by atoms with Crippen LogP contribution in [0.25, 0.3) is 10.9 Å². The second kappa shape index (κ2) is 10.6. The van der Waals surface area contributed by atoms with E-state index >= 15 is 0 Å². The van der Waals surface area contributed by atoms with Gasteiger partial charge in [-0.2, -0.15) is 5.10 Å². The third kappa shape index (κ3) is 5.23. The Morgan fingerprint density at radius 2 is 1.56 bits per heavy atom. The number of hydrogen-bond donors (Lipinski definition) is 0. The molecule has 2 aromatic carbocycles. The van der Waals surface area contributed by atoms with E-state index in [9.17, 15) is 9.59 Å². The van der Waals surface area contributed by atoms with Crippen molar-refractivity contribution in [2.75, 3.05) is 7.11 Å². The summed E-state index contributed by atoms with van der Waals surface area (Å²) in [6, 6.07) is 19.7. The molecule has 2 aromatic heterocycles. The van der Waals surface area contributed by atoms with E-state index in [0.29, 0.717) is 35.7 Å². The van der Waals surface area contributed by atoms with E-state index in [0.717, 1.165) is 16.8 Å². The lowest BCUT2D eigenvalue weighted by Crippen LogP contribution is -2.12. The van der Waals surface area contributed by atoms with Gasteiger partial charge < -0.3 is 18.8 Å². The molecule has 0 unspecified atom stereocenters. The molecule has 0 bridgehead atoms. The van der Waals surface area contributed by atoms with E-state index in [1.165, 1.54) is 7.11 Å². The lowest BCUT2D eigenvalue weighted by Gasteiger charge is -2.11. The average molecular weight is 460 g/mol. The molecule has 0 atom stereocenters. The highest BCUT2D eigenvalue weighted by molar-refractivity contribution is 5.93. The van der Waals surface area contributed by atoms with E-state index in [2.05, 4.69) is 14.9 Å². The summed E-state index contributed by atoms with van der Waals surface area (Å²) >= 11 is 0. The van der Waals surface area contributed by atoms with E-state index in [1.54, 1.807) is 6.20 Å². The lowest BCUT2D eigenvalue weighted by atomic mass is 10.2. The van der Waals surface area contributed by atoms with Crippen LogP contribution in [0, 0.1) is 6.92 Å². The number of esters is 2. The summed E-state index contributed by atoms with van der Waals surface area (Å²) in [7, 11) is 1.28. The standard InChI is InChI=1S/C26H25N3O5/c1-18-25(34-23(31)14-13-22(30)32-2)21-15-27-28-26(33-17-20-11-7-4-8-12-20)24(21)29(18)16-19-9-5-3-6-10-19/h3-12,15H,13-14,16-17H2,1-2H3. The first kappa shape index (κ1) is 23.0. The van der Waals surface area contributed by atoms with Gasteiger partial charge in [0.15, 0.2) is 5.75 Å². The smallest absolute Gasteiger partial charge is 0.311 e. The van der Waals surface area contributed by atoms with Gasteiger partial charge in [0, 0.05) is 6.54 Å². The topological polar surface area (TPSA) is 92.5 Å². The van der Waals surface area contributed by atoms with Crippen molar-refractivity contribution >= 4 is 22.8 Å². The Morgan fingerprint density at radius 3 is 2.24 bits per heavy atom. The van der Waals surface area contributed by atoms with Crippen molar-refractivity contribution in [3.05, 3.63) is 83.7 Å². The molecular formula is C26H25N3O5. The maximum absolute atomic E-state index is 12.5. The molecule has 0 fully saturated rings. The van der Waals surface area contributed by atoms with Gasteiger partial charge in [-0.15, -0.1) is 5.10 Å². The molecule has 34 heavy (non-hydrogen) atoms. The van der Waals surface area contributed by atoms with Gasteiger partial charge in [0.25, 0.3) is 5.88 Å². The summed E-state index contributed by atoms with van der Waals surface area (Å²) in [5, 5.41) is 8.93. The van der Waals surface area contributed by atoms with E-state index in [4.69, 9.17) is 9.47 Å².